The smallest absolute Gasteiger partial charge is 0.305 e. The number of carbonyl (C=O) groups is 2. The van der Waals surface area contributed by atoms with Gasteiger partial charge in [-0.05, 0) is 19.0 Å². The molecule has 2 N–H and O–H groups in total. The number of amides is 1. The zero-order valence-corrected chi connectivity index (χ0v) is 11.3. The summed E-state index contributed by atoms with van der Waals surface area (Å²) in [5.41, 5.74) is 0.982. The van der Waals surface area contributed by atoms with Crippen LogP contribution in [0.2, 0.25) is 0 Å². The lowest BCUT2D eigenvalue weighted by molar-refractivity contribution is -0.141. The molecule has 0 aliphatic heterocycles. The maximum atomic E-state index is 11.7. The number of methoxy groups -OCH3 is 1. The Balaban J connectivity index is 2.68. The van der Waals surface area contributed by atoms with Crippen LogP contribution in [0.25, 0.3) is 0 Å². The Bertz CT molecular complexity index is 406. The Morgan fingerprint density at radius 3 is 2.53 bits per heavy atom. The third-order valence-corrected chi connectivity index (χ3v) is 2.74. The van der Waals surface area contributed by atoms with Gasteiger partial charge in [0.1, 0.15) is 0 Å². The van der Waals surface area contributed by atoms with Gasteiger partial charge in [-0.15, -0.1) is 0 Å². The Morgan fingerprint density at radius 1 is 1.26 bits per heavy atom. The normalized spacial score (nSPS) is 11.7. The Kier molecular flexibility index (Phi) is 6.60. The standard InChI is InChI=1S/C14H20N2O3/c1-15-10-13(17)16-12(8-9-14(18)19-2)11-6-4-3-5-7-11/h3-7,12,15H,8-10H2,1-2H3,(H,16,17). The highest BCUT2D eigenvalue weighted by Crippen LogP contribution is 2.18. The summed E-state index contributed by atoms with van der Waals surface area (Å²) in [6.45, 7) is 0.252. The van der Waals surface area contributed by atoms with Gasteiger partial charge < -0.3 is 15.4 Å². The molecule has 1 aromatic carbocycles. The van der Waals surface area contributed by atoms with Crippen LogP contribution in [-0.4, -0.2) is 32.6 Å². The molecule has 1 amide bonds. The average Bonchev–Trinajstić information content (AvgIpc) is 2.44. The molecule has 0 heterocycles. The van der Waals surface area contributed by atoms with Crippen molar-refractivity contribution in [1.29, 1.82) is 0 Å². The molecule has 5 nitrogen and oxygen atoms in total. The molecule has 0 saturated heterocycles. The number of benzene rings is 1. The monoisotopic (exact) mass is 264 g/mol. The molecule has 0 spiro atoms. The third kappa shape index (κ3) is 5.52. The molecule has 0 bridgehead atoms. The van der Waals surface area contributed by atoms with E-state index in [2.05, 4.69) is 15.4 Å². The van der Waals surface area contributed by atoms with Crippen LogP contribution in [0, 0.1) is 0 Å². The van der Waals surface area contributed by atoms with Gasteiger partial charge >= 0.3 is 5.97 Å². The van der Waals surface area contributed by atoms with E-state index in [1.54, 1.807) is 7.05 Å². The van der Waals surface area contributed by atoms with Gasteiger partial charge in [0.05, 0.1) is 19.7 Å². The van der Waals surface area contributed by atoms with Gasteiger partial charge in [-0.2, -0.15) is 0 Å². The molecule has 1 unspecified atom stereocenters. The number of esters is 1. The molecule has 0 aromatic heterocycles. The number of nitrogens with one attached hydrogen (secondary N) is 2. The van der Waals surface area contributed by atoms with Gasteiger partial charge in [0.15, 0.2) is 0 Å². The van der Waals surface area contributed by atoms with Crippen molar-refractivity contribution in [2.75, 3.05) is 20.7 Å². The van der Waals surface area contributed by atoms with Crippen molar-refractivity contribution in [2.45, 2.75) is 18.9 Å². The second-order valence-electron chi connectivity index (χ2n) is 4.18. The number of likely N-dealkylation sites (N-methyl/N-ethyl adjacent to an activating group) is 1. The summed E-state index contributed by atoms with van der Waals surface area (Å²) in [5.74, 6) is -0.370. The zero-order valence-electron chi connectivity index (χ0n) is 11.3. The number of hydrogen-bond acceptors (Lipinski definition) is 4. The van der Waals surface area contributed by atoms with E-state index in [4.69, 9.17) is 0 Å². The van der Waals surface area contributed by atoms with Gasteiger partial charge in [0.2, 0.25) is 5.91 Å². The van der Waals surface area contributed by atoms with Crippen molar-refractivity contribution >= 4 is 11.9 Å². The highest BCUT2D eigenvalue weighted by Gasteiger charge is 2.15. The fraction of sp³-hybridized carbons (Fsp3) is 0.429. The molecular weight excluding hydrogens is 244 g/mol. The minimum Gasteiger partial charge on any atom is -0.469 e. The Hall–Kier alpha value is -1.88. The fourth-order valence-electron chi connectivity index (χ4n) is 1.78. The zero-order chi connectivity index (χ0) is 14.1. The lowest BCUT2D eigenvalue weighted by atomic mass is 10.0. The summed E-state index contributed by atoms with van der Waals surface area (Å²) in [4.78, 5) is 22.9. The SMILES string of the molecule is CNCC(=O)NC(CCC(=O)OC)c1ccccc1. The highest BCUT2D eigenvalue weighted by atomic mass is 16.5. The Labute approximate surface area is 113 Å². The summed E-state index contributed by atoms with van der Waals surface area (Å²) in [5, 5.41) is 5.70. The van der Waals surface area contributed by atoms with E-state index in [0.717, 1.165) is 5.56 Å². The first-order valence-corrected chi connectivity index (χ1v) is 6.23. The molecule has 104 valence electrons. The summed E-state index contributed by atoms with van der Waals surface area (Å²) >= 11 is 0. The van der Waals surface area contributed by atoms with Crippen LogP contribution in [0.4, 0.5) is 0 Å². The number of rotatable bonds is 7. The van der Waals surface area contributed by atoms with E-state index in [-0.39, 0.29) is 30.9 Å². The summed E-state index contributed by atoms with van der Waals surface area (Å²) in [6, 6.07) is 9.41. The Morgan fingerprint density at radius 2 is 1.95 bits per heavy atom. The first-order valence-electron chi connectivity index (χ1n) is 6.23. The van der Waals surface area contributed by atoms with Crippen LogP contribution in [0.15, 0.2) is 30.3 Å². The largest absolute Gasteiger partial charge is 0.469 e. The molecular formula is C14H20N2O3. The number of ether oxygens (including phenoxy) is 1. The van der Waals surface area contributed by atoms with E-state index in [9.17, 15) is 9.59 Å². The van der Waals surface area contributed by atoms with Gasteiger partial charge in [-0.1, -0.05) is 30.3 Å². The first kappa shape index (κ1) is 15.2. The second-order valence-corrected chi connectivity index (χ2v) is 4.18. The average molecular weight is 264 g/mol. The molecule has 1 rings (SSSR count). The lowest BCUT2D eigenvalue weighted by Crippen LogP contribution is -2.35. The predicted molar refractivity (Wildman–Crippen MR) is 72.5 cm³/mol. The maximum Gasteiger partial charge on any atom is 0.305 e. The number of hydrogen-bond donors (Lipinski definition) is 2. The van der Waals surface area contributed by atoms with Crippen molar-refractivity contribution in [1.82, 2.24) is 10.6 Å². The molecule has 0 aliphatic rings. The van der Waals surface area contributed by atoms with Gasteiger partial charge in [-0.25, -0.2) is 0 Å². The predicted octanol–water partition coefficient (Wildman–Crippen LogP) is 1.02. The van der Waals surface area contributed by atoms with E-state index in [0.29, 0.717) is 6.42 Å². The quantitative estimate of drug-likeness (QED) is 0.721. The molecule has 0 aliphatic carbocycles. The van der Waals surface area contributed by atoms with E-state index < -0.39 is 0 Å². The summed E-state index contributed by atoms with van der Waals surface area (Å²) in [7, 11) is 3.07. The van der Waals surface area contributed by atoms with Gasteiger partial charge in [-0.3, -0.25) is 9.59 Å². The van der Waals surface area contributed by atoms with E-state index >= 15 is 0 Å². The second kappa shape index (κ2) is 8.26. The molecule has 1 aromatic rings. The van der Waals surface area contributed by atoms with E-state index in [1.165, 1.54) is 7.11 Å². The fourth-order valence-corrected chi connectivity index (χ4v) is 1.78. The molecule has 0 radical (unpaired) electrons. The number of carbonyl (C=O) groups excluding carboxylic acids is 2. The van der Waals surface area contributed by atoms with Crippen molar-refractivity contribution in [2.24, 2.45) is 0 Å². The van der Waals surface area contributed by atoms with Crippen LogP contribution in [0.3, 0.4) is 0 Å². The van der Waals surface area contributed by atoms with Crippen molar-refractivity contribution in [3.8, 4) is 0 Å². The summed E-state index contributed by atoms with van der Waals surface area (Å²) < 4.78 is 4.62. The van der Waals surface area contributed by atoms with E-state index in [1.807, 2.05) is 30.3 Å². The topological polar surface area (TPSA) is 67.4 Å². The van der Waals surface area contributed by atoms with Crippen molar-refractivity contribution < 1.29 is 14.3 Å². The van der Waals surface area contributed by atoms with Gasteiger partial charge in [0, 0.05) is 6.42 Å². The minimum atomic E-state index is -0.274. The van der Waals surface area contributed by atoms with Crippen LogP contribution in [0.1, 0.15) is 24.4 Å². The third-order valence-electron chi connectivity index (χ3n) is 2.74. The van der Waals surface area contributed by atoms with Crippen LogP contribution >= 0.6 is 0 Å². The van der Waals surface area contributed by atoms with Crippen LogP contribution in [-0.2, 0) is 14.3 Å². The highest BCUT2D eigenvalue weighted by molar-refractivity contribution is 5.78. The van der Waals surface area contributed by atoms with Gasteiger partial charge in [0.25, 0.3) is 0 Å². The maximum absolute atomic E-state index is 11.7. The minimum absolute atomic E-state index is 0.0961. The molecule has 5 heteroatoms. The lowest BCUT2D eigenvalue weighted by Gasteiger charge is -2.18. The molecule has 1 atom stereocenters. The molecule has 0 saturated carbocycles. The van der Waals surface area contributed by atoms with Crippen LogP contribution in [0.5, 0.6) is 0 Å². The van der Waals surface area contributed by atoms with Crippen molar-refractivity contribution in [3.63, 3.8) is 0 Å². The first-order chi connectivity index (χ1) is 9.17. The van der Waals surface area contributed by atoms with Crippen molar-refractivity contribution in [3.05, 3.63) is 35.9 Å². The summed E-state index contributed by atoms with van der Waals surface area (Å²) in [6.07, 6.45) is 0.794. The van der Waals surface area contributed by atoms with Crippen LogP contribution < -0.4 is 10.6 Å². The molecule has 19 heavy (non-hydrogen) atoms. The molecule has 0 fully saturated rings.